The Kier molecular flexibility index (Phi) is 2.91. The first-order chi connectivity index (χ1) is 9.87. The van der Waals surface area contributed by atoms with E-state index in [1.807, 2.05) is 0 Å². The minimum atomic E-state index is -3.63. The number of aromatic hydroxyl groups is 1. The van der Waals surface area contributed by atoms with Crippen molar-refractivity contribution in [3.05, 3.63) is 59.4 Å². The molecule has 0 amide bonds. The average molecular weight is 299 g/mol. The summed E-state index contributed by atoms with van der Waals surface area (Å²) in [5.41, 5.74) is -3.29. The van der Waals surface area contributed by atoms with Crippen molar-refractivity contribution in [2.75, 3.05) is 6.61 Å². The Hall–Kier alpha value is -2.15. The Morgan fingerprint density at radius 3 is 2.43 bits per heavy atom. The normalized spacial score (nSPS) is 21.3. The fourth-order valence-electron chi connectivity index (χ4n) is 2.17. The van der Waals surface area contributed by atoms with Crippen LogP contribution in [0.1, 0.15) is 11.3 Å². The van der Waals surface area contributed by atoms with Gasteiger partial charge in [0.05, 0.1) is 12.8 Å². The van der Waals surface area contributed by atoms with Crippen LogP contribution in [0.15, 0.2) is 36.5 Å². The van der Waals surface area contributed by atoms with Crippen LogP contribution in [0.4, 0.5) is 17.6 Å². The van der Waals surface area contributed by atoms with Crippen LogP contribution in [0.5, 0.6) is 5.75 Å². The number of halogens is 4. The zero-order valence-electron chi connectivity index (χ0n) is 10.5. The summed E-state index contributed by atoms with van der Waals surface area (Å²) in [7, 11) is 0. The Labute approximate surface area is 116 Å². The molecular weight excluding hydrogens is 290 g/mol. The molecule has 1 aliphatic rings. The molecular formula is C14H9F4NO2. The van der Waals surface area contributed by atoms with Crippen LogP contribution < -0.4 is 0 Å². The maximum Gasteiger partial charge on any atom is 0.324 e. The molecule has 0 radical (unpaired) electrons. The molecule has 2 heterocycles. The lowest BCUT2D eigenvalue weighted by molar-refractivity contribution is -0.0902. The minimum absolute atomic E-state index is 0.270. The quantitative estimate of drug-likeness (QED) is 0.700. The van der Waals surface area contributed by atoms with Crippen molar-refractivity contribution in [3.63, 3.8) is 0 Å². The molecule has 1 atom stereocenters. The Morgan fingerprint density at radius 1 is 1.19 bits per heavy atom. The van der Waals surface area contributed by atoms with Gasteiger partial charge in [0.15, 0.2) is 5.60 Å². The van der Waals surface area contributed by atoms with E-state index in [1.165, 1.54) is 0 Å². The fraction of sp³-hybridized carbons (Fsp3) is 0.214. The summed E-state index contributed by atoms with van der Waals surface area (Å²) in [6, 6.07) is 4.33. The SMILES string of the molecule is Oc1ccc(C(F)(F)[C@@]2(c3ccc(F)cc3F)CO2)nc1. The lowest BCUT2D eigenvalue weighted by atomic mass is 9.90. The topological polar surface area (TPSA) is 45.6 Å². The zero-order chi connectivity index (χ0) is 15.3. The van der Waals surface area contributed by atoms with Gasteiger partial charge in [-0.2, -0.15) is 8.78 Å². The highest BCUT2D eigenvalue weighted by molar-refractivity contribution is 5.35. The molecule has 0 bridgehead atoms. The molecule has 0 unspecified atom stereocenters. The third-order valence-electron chi connectivity index (χ3n) is 3.38. The highest BCUT2D eigenvalue weighted by Gasteiger charge is 2.68. The first kappa shape index (κ1) is 13.8. The minimum Gasteiger partial charge on any atom is -0.506 e. The summed E-state index contributed by atoms with van der Waals surface area (Å²) >= 11 is 0. The molecule has 3 nitrogen and oxygen atoms in total. The number of rotatable bonds is 3. The maximum absolute atomic E-state index is 14.6. The van der Waals surface area contributed by atoms with E-state index in [-0.39, 0.29) is 5.75 Å². The second-order valence-corrected chi connectivity index (χ2v) is 4.72. The molecule has 3 rings (SSSR count). The van der Waals surface area contributed by atoms with Gasteiger partial charge in [-0.25, -0.2) is 8.78 Å². The number of benzene rings is 1. The summed E-state index contributed by atoms with van der Waals surface area (Å²) < 4.78 is 60.7. The van der Waals surface area contributed by atoms with E-state index >= 15 is 0 Å². The van der Waals surface area contributed by atoms with Crippen molar-refractivity contribution in [1.29, 1.82) is 0 Å². The summed E-state index contributed by atoms with van der Waals surface area (Å²) in [5, 5.41) is 9.09. The zero-order valence-corrected chi connectivity index (χ0v) is 10.5. The van der Waals surface area contributed by atoms with Gasteiger partial charge in [-0.15, -0.1) is 0 Å². The van der Waals surface area contributed by atoms with Gasteiger partial charge in [0.25, 0.3) is 0 Å². The van der Waals surface area contributed by atoms with E-state index in [9.17, 15) is 17.6 Å². The van der Waals surface area contributed by atoms with Crippen LogP contribution in [0.2, 0.25) is 0 Å². The van der Waals surface area contributed by atoms with Crippen molar-refractivity contribution in [2.45, 2.75) is 11.5 Å². The van der Waals surface area contributed by atoms with E-state index in [2.05, 4.69) is 4.98 Å². The highest BCUT2D eigenvalue weighted by Crippen LogP contribution is 2.56. The molecule has 0 aliphatic carbocycles. The van der Waals surface area contributed by atoms with E-state index < -0.39 is 41.0 Å². The number of ether oxygens (including phenoxy) is 1. The third kappa shape index (κ3) is 2.04. The van der Waals surface area contributed by atoms with Gasteiger partial charge < -0.3 is 9.84 Å². The van der Waals surface area contributed by atoms with Crippen LogP contribution >= 0.6 is 0 Å². The summed E-state index contributed by atoms with van der Waals surface area (Å²) in [6.45, 7) is -0.412. The molecule has 110 valence electrons. The first-order valence-electron chi connectivity index (χ1n) is 6.00. The van der Waals surface area contributed by atoms with Gasteiger partial charge in [0.2, 0.25) is 0 Å². The molecule has 7 heteroatoms. The largest absolute Gasteiger partial charge is 0.506 e. The number of epoxide rings is 1. The van der Waals surface area contributed by atoms with Crippen LogP contribution in [-0.2, 0) is 16.3 Å². The standard InChI is InChI=1S/C14H9F4NO2/c15-8-1-3-10(11(16)5-8)13(7-21-13)14(17,18)12-4-2-9(20)6-19-12/h1-6,20H,7H2/t13-/m0/s1. The lowest BCUT2D eigenvalue weighted by Crippen LogP contribution is -2.34. The van der Waals surface area contributed by atoms with Crippen molar-refractivity contribution >= 4 is 0 Å². The van der Waals surface area contributed by atoms with Gasteiger partial charge in [0, 0.05) is 11.6 Å². The van der Waals surface area contributed by atoms with Gasteiger partial charge in [-0.3, -0.25) is 4.98 Å². The predicted molar refractivity (Wildman–Crippen MR) is 63.8 cm³/mol. The summed E-state index contributed by atoms with van der Waals surface area (Å²) in [6.07, 6.45) is 0.861. The molecule has 0 saturated carbocycles. The van der Waals surface area contributed by atoms with Gasteiger partial charge in [-0.1, -0.05) is 0 Å². The average Bonchev–Trinajstić information content (AvgIpc) is 3.21. The number of nitrogens with zero attached hydrogens (tertiary/aromatic N) is 1. The number of hydrogen-bond donors (Lipinski definition) is 1. The maximum atomic E-state index is 14.6. The molecule has 1 fully saturated rings. The predicted octanol–water partition coefficient (Wildman–Crippen LogP) is 3.08. The van der Waals surface area contributed by atoms with Crippen molar-refractivity contribution in [2.24, 2.45) is 0 Å². The van der Waals surface area contributed by atoms with Crippen molar-refractivity contribution < 1.29 is 27.4 Å². The van der Waals surface area contributed by atoms with Crippen LogP contribution in [0.3, 0.4) is 0 Å². The second-order valence-electron chi connectivity index (χ2n) is 4.72. The van der Waals surface area contributed by atoms with Gasteiger partial charge in [-0.05, 0) is 24.3 Å². The molecule has 0 spiro atoms. The van der Waals surface area contributed by atoms with Crippen molar-refractivity contribution in [3.8, 4) is 5.75 Å². The molecule has 1 aromatic heterocycles. The van der Waals surface area contributed by atoms with E-state index in [0.29, 0.717) is 6.07 Å². The van der Waals surface area contributed by atoms with E-state index in [0.717, 1.165) is 30.5 Å². The molecule has 1 aromatic carbocycles. The Bertz CT molecular complexity index is 684. The number of pyridine rings is 1. The van der Waals surface area contributed by atoms with E-state index in [1.54, 1.807) is 0 Å². The smallest absolute Gasteiger partial charge is 0.324 e. The second kappa shape index (κ2) is 4.42. The highest BCUT2D eigenvalue weighted by atomic mass is 19.3. The van der Waals surface area contributed by atoms with Crippen LogP contribution in [0.25, 0.3) is 0 Å². The molecule has 1 saturated heterocycles. The molecule has 21 heavy (non-hydrogen) atoms. The third-order valence-corrected chi connectivity index (χ3v) is 3.38. The van der Waals surface area contributed by atoms with Crippen LogP contribution in [0, 0.1) is 11.6 Å². The monoisotopic (exact) mass is 299 g/mol. The number of aromatic nitrogens is 1. The summed E-state index contributed by atoms with van der Waals surface area (Å²) in [4.78, 5) is 3.45. The summed E-state index contributed by atoms with van der Waals surface area (Å²) in [5.74, 6) is -5.86. The molecule has 1 N–H and O–H groups in total. The van der Waals surface area contributed by atoms with Crippen molar-refractivity contribution in [1.82, 2.24) is 4.98 Å². The van der Waals surface area contributed by atoms with Gasteiger partial charge in [0.1, 0.15) is 23.1 Å². The van der Waals surface area contributed by atoms with Crippen LogP contribution in [-0.4, -0.2) is 16.7 Å². The first-order valence-corrected chi connectivity index (χ1v) is 6.00. The van der Waals surface area contributed by atoms with Gasteiger partial charge >= 0.3 is 5.92 Å². The number of hydrogen-bond acceptors (Lipinski definition) is 3. The fourth-order valence-corrected chi connectivity index (χ4v) is 2.17. The molecule has 2 aromatic rings. The lowest BCUT2D eigenvalue weighted by Gasteiger charge is -2.24. The van der Waals surface area contributed by atoms with E-state index in [4.69, 9.17) is 9.84 Å². The number of alkyl halides is 2. The Morgan fingerprint density at radius 2 is 1.90 bits per heavy atom. The Balaban J connectivity index is 2.06. The molecule has 1 aliphatic heterocycles.